The molecule has 0 atom stereocenters. The number of hydrogen-bond acceptors (Lipinski definition) is 3. The third-order valence-electron chi connectivity index (χ3n) is 3.54. The molecule has 0 saturated heterocycles. The minimum atomic E-state index is -0.308. The third kappa shape index (κ3) is 5.52. The molecule has 0 radical (unpaired) electrons. The van der Waals surface area contributed by atoms with Crippen LogP contribution in [0.5, 0.6) is 0 Å². The zero-order chi connectivity index (χ0) is 17.2. The molecule has 0 bridgehead atoms. The van der Waals surface area contributed by atoms with E-state index in [1.165, 1.54) is 0 Å². The molecule has 2 amide bonds. The maximum atomic E-state index is 11.9. The summed E-state index contributed by atoms with van der Waals surface area (Å²) < 4.78 is 5.85. The lowest BCUT2D eigenvalue weighted by molar-refractivity contribution is -0.127. The van der Waals surface area contributed by atoms with Gasteiger partial charge < -0.3 is 15.4 Å². The van der Waals surface area contributed by atoms with E-state index >= 15 is 0 Å². The number of ether oxygens (including phenoxy) is 1. The quantitative estimate of drug-likeness (QED) is 0.780. The zero-order valence-electron chi connectivity index (χ0n) is 13.7. The fourth-order valence-corrected chi connectivity index (χ4v) is 2.29. The Morgan fingerprint density at radius 3 is 1.96 bits per heavy atom. The van der Waals surface area contributed by atoms with Crippen molar-refractivity contribution in [1.29, 1.82) is 0 Å². The summed E-state index contributed by atoms with van der Waals surface area (Å²) in [4.78, 5) is 23.0. The van der Waals surface area contributed by atoms with Crippen LogP contribution in [0.3, 0.4) is 0 Å². The van der Waals surface area contributed by atoms with Crippen LogP contribution in [0.25, 0.3) is 0 Å². The van der Waals surface area contributed by atoms with Crippen molar-refractivity contribution in [1.82, 2.24) is 10.6 Å². The van der Waals surface area contributed by atoms with Gasteiger partial charge in [-0.3, -0.25) is 9.59 Å². The molecule has 0 saturated carbocycles. The molecule has 5 heteroatoms. The van der Waals surface area contributed by atoms with E-state index < -0.39 is 0 Å². The Bertz CT molecular complexity index is 605. The topological polar surface area (TPSA) is 67.4 Å². The lowest BCUT2D eigenvalue weighted by Gasteiger charge is -2.18. The lowest BCUT2D eigenvalue weighted by Crippen LogP contribution is -2.32. The summed E-state index contributed by atoms with van der Waals surface area (Å²) in [5.74, 6) is -0.349. The van der Waals surface area contributed by atoms with Crippen LogP contribution in [-0.4, -0.2) is 32.0 Å². The lowest BCUT2D eigenvalue weighted by atomic mass is 10.0. The molecule has 0 heterocycles. The Morgan fingerprint density at radius 2 is 1.46 bits per heavy atom. The highest BCUT2D eigenvalue weighted by Crippen LogP contribution is 2.25. The zero-order valence-corrected chi connectivity index (χ0v) is 13.7. The standard InChI is InChI=1S/C19H22N2O3/c1-20-17(22)12-13-21-18(23)14-24-19(15-8-4-2-5-9-15)16-10-6-3-7-11-16/h2-11,19H,12-14H2,1H3,(H,20,22)(H,21,23). The van der Waals surface area contributed by atoms with Crippen LogP contribution in [0.4, 0.5) is 0 Å². The summed E-state index contributed by atoms with van der Waals surface area (Å²) in [5.41, 5.74) is 1.98. The first-order chi connectivity index (χ1) is 11.7. The fraction of sp³-hybridized carbons (Fsp3) is 0.263. The van der Waals surface area contributed by atoms with Gasteiger partial charge in [-0.2, -0.15) is 0 Å². The van der Waals surface area contributed by atoms with Gasteiger partial charge in [0.15, 0.2) is 0 Å². The number of carbonyl (C=O) groups is 2. The largest absolute Gasteiger partial charge is 0.359 e. The van der Waals surface area contributed by atoms with E-state index in [-0.39, 0.29) is 30.9 Å². The number of benzene rings is 2. The van der Waals surface area contributed by atoms with E-state index in [2.05, 4.69) is 10.6 Å². The molecule has 0 spiro atoms. The highest BCUT2D eigenvalue weighted by atomic mass is 16.5. The van der Waals surface area contributed by atoms with Gasteiger partial charge in [0, 0.05) is 20.0 Å². The van der Waals surface area contributed by atoms with Gasteiger partial charge in [0.2, 0.25) is 11.8 Å². The molecule has 0 fully saturated rings. The van der Waals surface area contributed by atoms with E-state index in [4.69, 9.17) is 4.74 Å². The molecule has 0 aliphatic rings. The van der Waals surface area contributed by atoms with Gasteiger partial charge in [0.1, 0.15) is 12.7 Å². The fourth-order valence-electron chi connectivity index (χ4n) is 2.29. The second-order valence-corrected chi connectivity index (χ2v) is 5.29. The van der Waals surface area contributed by atoms with Crippen LogP contribution in [0.2, 0.25) is 0 Å². The van der Waals surface area contributed by atoms with Gasteiger partial charge in [-0.25, -0.2) is 0 Å². The maximum absolute atomic E-state index is 11.9. The van der Waals surface area contributed by atoms with E-state index in [1.54, 1.807) is 7.05 Å². The molecule has 2 rings (SSSR count). The first-order valence-electron chi connectivity index (χ1n) is 7.89. The molecule has 2 aromatic rings. The van der Waals surface area contributed by atoms with Gasteiger partial charge in [-0.05, 0) is 11.1 Å². The first-order valence-corrected chi connectivity index (χ1v) is 7.89. The second kappa shape index (κ2) is 9.47. The smallest absolute Gasteiger partial charge is 0.246 e. The normalized spacial score (nSPS) is 10.4. The van der Waals surface area contributed by atoms with E-state index in [0.717, 1.165) is 11.1 Å². The Kier molecular flexibility index (Phi) is 6.98. The molecule has 0 aliphatic carbocycles. The molecule has 0 unspecified atom stereocenters. The van der Waals surface area contributed by atoms with Crippen LogP contribution in [0.1, 0.15) is 23.7 Å². The van der Waals surface area contributed by atoms with Crippen LogP contribution < -0.4 is 10.6 Å². The Balaban J connectivity index is 1.94. The number of nitrogens with one attached hydrogen (secondary N) is 2. The highest BCUT2D eigenvalue weighted by Gasteiger charge is 2.16. The average Bonchev–Trinajstić information content (AvgIpc) is 2.63. The number of hydrogen-bond donors (Lipinski definition) is 2. The average molecular weight is 326 g/mol. The molecule has 2 aromatic carbocycles. The predicted molar refractivity (Wildman–Crippen MR) is 92.4 cm³/mol. The molecule has 24 heavy (non-hydrogen) atoms. The van der Waals surface area contributed by atoms with Crippen molar-refractivity contribution in [2.45, 2.75) is 12.5 Å². The molecule has 126 valence electrons. The minimum absolute atomic E-state index is 0.0673. The molecule has 0 aliphatic heterocycles. The van der Waals surface area contributed by atoms with Crippen molar-refractivity contribution in [3.8, 4) is 0 Å². The van der Waals surface area contributed by atoms with Crippen LogP contribution in [0.15, 0.2) is 60.7 Å². The van der Waals surface area contributed by atoms with Crippen LogP contribution in [0, 0.1) is 0 Å². The van der Waals surface area contributed by atoms with E-state index in [1.807, 2.05) is 60.7 Å². The summed E-state index contributed by atoms with van der Waals surface area (Å²) in [6, 6.07) is 19.5. The Morgan fingerprint density at radius 1 is 0.917 bits per heavy atom. The van der Waals surface area contributed by atoms with Crippen LogP contribution >= 0.6 is 0 Å². The Hall–Kier alpha value is -2.66. The predicted octanol–water partition coefficient (Wildman–Crippen LogP) is 2.04. The minimum Gasteiger partial charge on any atom is -0.359 e. The van der Waals surface area contributed by atoms with Gasteiger partial charge in [0.05, 0.1) is 0 Å². The first kappa shape index (κ1) is 17.7. The van der Waals surface area contributed by atoms with E-state index in [0.29, 0.717) is 6.54 Å². The molecule has 5 nitrogen and oxygen atoms in total. The van der Waals surface area contributed by atoms with Crippen molar-refractivity contribution in [3.63, 3.8) is 0 Å². The van der Waals surface area contributed by atoms with Gasteiger partial charge in [-0.15, -0.1) is 0 Å². The van der Waals surface area contributed by atoms with Crippen molar-refractivity contribution in [3.05, 3.63) is 71.8 Å². The van der Waals surface area contributed by atoms with Crippen molar-refractivity contribution in [2.24, 2.45) is 0 Å². The van der Waals surface area contributed by atoms with Crippen molar-refractivity contribution >= 4 is 11.8 Å². The third-order valence-corrected chi connectivity index (χ3v) is 3.54. The van der Waals surface area contributed by atoms with Gasteiger partial charge in [0.25, 0.3) is 0 Å². The monoisotopic (exact) mass is 326 g/mol. The van der Waals surface area contributed by atoms with Crippen molar-refractivity contribution < 1.29 is 14.3 Å². The number of carbonyl (C=O) groups excluding carboxylic acids is 2. The summed E-state index contributed by atoms with van der Waals surface area (Å²) in [5, 5.41) is 5.19. The Labute approximate surface area is 142 Å². The van der Waals surface area contributed by atoms with Crippen LogP contribution in [-0.2, 0) is 14.3 Å². The molecule has 2 N–H and O–H groups in total. The van der Waals surface area contributed by atoms with Gasteiger partial charge in [-0.1, -0.05) is 60.7 Å². The molecular weight excluding hydrogens is 304 g/mol. The summed E-state index contributed by atoms with van der Waals surface area (Å²) >= 11 is 0. The number of rotatable bonds is 8. The molecule has 0 aromatic heterocycles. The van der Waals surface area contributed by atoms with Gasteiger partial charge >= 0.3 is 0 Å². The summed E-state index contributed by atoms with van der Waals surface area (Å²) in [7, 11) is 1.57. The van der Waals surface area contributed by atoms with E-state index in [9.17, 15) is 9.59 Å². The highest BCUT2D eigenvalue weighted by molar-refractivity contribution is 5.79. The SMILES string of the molecule is CNC(=O)CCNC(=O)COC(c1ccccc1)c1ccccc1. The maximum Gasteiger partial charge on any atom is 0.246 e. The summed E-state index contributed by atoms with van der Waals surface area (Å²) in [6.07, 6.45) is -0.0552. The number of amides is 2. The van der Waals surface area contributed by atoms with Crippen molar-refractivity contribution in [2.75, 3.05) is 20.2 Å². The second-order valence-electron chi connectivity index (χ2n) is 5.29. The summed E-state index contributed by atoms with van der Waals surface area (Å²) in [6.45, 7) is 0.228. The molecular formula is C19H22N2O3.